The van der Waals surface area contributed by atoms with Crippen molar-refractivity contribution in [3.63, 3.8) is 0 Å². The zero-order valence-corrected chi connectivity index (χ0v) is 17.5. The molecule has 2 aromatic rings. The Kier molecular flexibility index (Phi) is 7.60. The lowest BCUT2D eigenvalue weighted by Gasteiger charge is -2.18. The fourth-order valence-corrected chi connectivity index (χ4v) is 3.85. The number of carbonyl (C=O) groups is 1. The molecule has 0 radical (unpaired) electrons. The van der Waals surface area contributed by atoms with Gasteiger partial charge < -0.3 is 10.1 Å². The predicted octanol–water partition coefficient (Wildman–Crippen LogP) is 3.87. The van der Waals surface area contributed by atoms with E-state index in [2.05, 4.69) is 10.0 Å². The van der Waals surface area contributed by atoms with Gasteiger partial charge in [0.05, 0.1) is 4.90 Å². The lowest BCUT2D eigenvalue weighted by Crippen LogP contribution is -2.33. The van der Waals surface area contributed by atoms with Crippen molar-refractivity contribution in [2.24, 2.45) is 0 Å². The van der Waals surface area contributed by atoms with Gasteiger partial charge in [-0.1, -0.05) is 32.0 Å². The van der Waals surface area contributed by atoms with Crippen molar-refractivity contribution >= 4 is 21.6 Å². The van der Waals surface area contributed by atoms with E-state index < -0.39 is 16.1 Å². The first-order valence-electron chi connectivity index (χ1n) is 9.42. The summed E-state index contributed by atoms with van der Waals surface area (Å²) in [5.74, 6) is 0.390. The average Bonchev–Trinajstić information content (AvgIpc) is 2.67. The van der Waals surface area contributed by atoms with Crippen LogP contribution in [0.25, 0.3) is 0 Å². The molecule has 152 valence electrons. The van der Waals surface area contributed by atoms with E-state index in [4.69, 9.17) is 4.74 Å². The maximum absolute atomic E-state index is 12.6. The van der Waals surface area contributed by atoms with Crippen LogP contribution >= 0.6 is 0 Å². The lowest BCUT2D eigenvalue weighted by molar-refractivity contribution is -0.122. The number of para-hydroxylation sites is 1. The molecule has 1 amide bonds. The molecular formula is C21H28N2O4S. The number of aryl methyl sites for hydroxylation is 1. The van der Waals surface area contributed by atoms with Crippen molar-refractivity contribution in [3.8, 4) is 5.75 Å². The number of benzene rings is 2. The third-order valence-corrected chi connectivity index (χ3v) is 6.03. The van der Waals surface area contributed by atoms with Crippen molar-refractivity contribution in [1.82, 2.24) is 4.72 Å². The minimum absolute atomic E-state index is 0.145. The normalized spacial score (nSPS) is 13.6. The molecule has 7 heteroatoms. The van der Waals surface area contributed by atoms with Crippen LogP contribution in [-0.2, 0) is 14.8 Å². The molecule has 2 atom stereocenters. The van der Waals surface area contributed by atoms with Gasteiger partial charge in [0.1, 0.15) is 5.75 Å². The maximum Gasteiger partial charge on any atom is 0.265 e. The third kappa shape index (κ3) is 5.81. The summed E-state index contributed by atoms with van der Waals surface area (Å²) in [4.78, 5) is 12.7. The minimum atomic E-state index is -3.57. The molecular weight excluding hydrogens is 376 g/mol. The van der Waals surface area contributed by atoms with Gasteiger partial charge in [0.15, 0.2) is 6.10 Å². The van der Waals surface area contributed by atoms with Gasteiger partial charge in [-0.25, -0.2) is 13.1 Å². The van der Waals surface area contributed by atoms with Gasteiger partial charge in [0.2, 0.25) is 10.0 Å². The molecule has 2 aromatic carbocycles. The Hall–Kier alpha value is -2.38. The van der Waals surface area contributed by atoms with Crippen LogP contribution in [0.5, 0.6) is 5.75 Å². The van der Waals surface area contributed by atoms with Crippen molar-refractivity contribution < 1.29 is 17.9 Å². The Morgan fingerprint density at radius 3 is 2.25 bits per heavy atom. The van der Waals surface area contributed by atoms with E-state index in [9.17, 15) is 13.2 Å². The molecule has 0 aliphatic heterocycles. The molecule has 28 heavy (non-hydrogen) atoms. The molecule has 0 aliphatic carbocycles. The summed E-state index contributed by atoms with van der Waals surface area (Å²) in [7, 11) is -3.57. The number of nitrogens with one attached hydrogen (secondary N) is 2. The summed E-state index contributed by atoms with van der Waals surface area (Å²) in [5, 5.41) is 2.78. The van der Waals surface area contributed by atoms with Gasteiger partial charge in [-0.05, 0) is 62.6 Å². The molecule has 6 nitrogen and oxygen atoms in total. The fraction of sp³-hybridized carbons (Fsp3) is 0.381. The molecule has 2 N–H and O–H groups in total. The smallest absolute Gasteiger partial charge is 0.265 e. The van der Waals surface area contributed by atoms with E-state index in [1.54, 1.807) is 12.1 Å². The van der Waals surface area contributed by atoms with Gasteiger partial charge in [-0.2, -0.15) is 0 Å². The molecule has 0 aromatic heterocycles. The number of amides is 1. The molecule has 0 heterocycles. The molecule has 0 bridgehead atoms. The van der Waals surface area contributed by atoms with Crippen molar-refractivity contribution in [3.05, 3.63) is 54.1 Å². The lowest BCUT2D eigenvalue weighted by atomic mass is 10.2. The van der Waals surface area contributed by atoms with E-state index in [1.807, 2.05) is 52.0 Å². The third-order valence-electron chi connectivity index (χ3n) is 4.43. The van der Waals surface area contributed by atoms with Gasteiger partial charge >= 0.3 is 0 Å². The first-order chi connectivity index (χ1) is 13.3. The first-order valence-corrected chi connectivity index (χ1v) is 10.9. The summed E-state index contributed by atoms with van der Waals surface area (Å²) >= 11 is 0. The molecule has 0 saturated heterocycles. The van der Waals surface area contributed by atoms with E-state index in [-0.39, 0.29) is 16.8 Å². The quantitative estimate of drug-likeness (QED) is 0.664. The number of hydrogen-bond donors (Lipinski definition) is 2. The number of anilines is 1. The van der Waals surface area contributed by atoms with Gasteiger partial charge in [0.25, 0.3) is 5.91 Å². The standard InChI is InChI=1S/C21H28N2O4S/c1-5-16(4)23-28(25,26)18-13-11-17(12-14-18)22-21(24)19(6-2)27-20-10-8-7-9-15(20)3/h7-14,16,19,23H,5-6H2,1-4H3,(H,22,24). The second-order valence-electron chi connectivity index (χ2n) is 6.72. The number of sulfonamides is 1. The number of rotatable bonds is 9. The van der Waals surface area contributed by atoms with Crippen LogP contribution in [0.2, 0.25) is 0 Å². The molecule has 0 fully saturated rings. The van der Waals surface area contributed by atoms with Crippen LogP contribution in [0.4, 0.5) is 5.69 Å². The molecule has 2 rings (SSSR count). The van der Waals surface area contributed by atoms with Crippen LogP contribution in [0.3, 0.4) is 0 Å². The summed E-state index contributed by atoms with van der Waals surface area (Å²) < 4.78 is 33.1. The SMILES string of the molecule is CCC(C)NS(=O)(=O)c1ccc(NC(=O)C(CC)Oc2ccccc2C)cc1. The Morgan fingerprint density at radius 1 is 1.04 bits per heavy atom. The molecule has 0 spiro atoms. The highest BCUT2D eigenvalue weighted by atomic mass is 32.2. The van der Waals surface area contributed by atoms with Crippen molar-refractivity contribution in [1.29, 1.82) is 0 Å². The highest BCUT2D eigenvalue weighted by Gasteiger charge is 2.20. The van der Waals surface area contributed by atoms with E-state index >= 15 is 0 Å². The number of carbonyl (C=O) groups excluding carboxylic acids is 1. The minimum Gasteiger partial charge on any atom is -0.480 e. The molecule has 0 aliphatic rings. The summed E-state index contributed by atoms with van der Waals surface area (Å²) in [5.41, 5.74) is 1.47. The summed E-state index contributed by atoms with van der Waals surface area (Å²) in [6.45, 7) is 7.52. The summed E-state index contributed by atoms with van der Waals surface area (Å²) in [6, 6.07) is 13.5. The highest BCUT2D eigenvalue weighted by molar-refractivity contribution is 7.89. The summed E-state index contributed by atoms with van der Waals surface area (Å²) in [6.07, 6.45) is 0.564. The maximum atomic E-state index is 12.6. The van der Waals surface area contributed by atoms with Crippen molar-refractivity contribution in [2.45, 2.75) is 57.6 Å². The largest absolute Gasteiger partial charge is 0.480 e. The zero-order chi connectivity index (χ0) is 20.7. The molecule has 0 saturated carbocycles. The molecule has 2 unspecified atom stereocenters. The van der Waals surface area contributed by atoms with Crippen LogP contribution in [0, 0.1) is 6.92 Å². The van der Waals surface area contributed by atoms with Gasteiger partial charge in [0, 0.05) is 11.7 Å². The topological polar surface area (TPSA) is 84.5 Å². The van der Waals surface area contributed by atoms with Crippen LogP contribution < -0.4 is 14.8 Å². The average molecular weight is 405 g/mol. The Bertz CT molecular complexity index is 895. The van der Waals surface area contributed by atoms with E-state index in [1.165, 1.54) is 12.1 Å². The fourth-order valence-electron chi connectivity index (χ4n) is 2.52. The monoisotopic (exact) mass is 404 g/mol. The Labute approximate surface area is 167 Å². The highest BCUT2D eigenvalue weighted by Crippen LogP contribution is 2.20. The second-order valence-corrected chi connectivity index (χ2v) is 8.44. The van der Waals surface area contributed by atoms with E-state index in [0.29, 0.717) is 24.3 Å². The Balaban J connectivity index is 2.06. The van der Waals surface area contributed by atoms with E-state index in [0.717, 1.165) is 5.56 Å². The van der Waals surface area contributed by atoms with Gasteiger partial charge in [-0.3, -0.25) is 4.79 Å². The van der Waals surface area contributed by atoms with Gasteiger partial charge in [-0.15, -0.1) is 0 Å². The predicted molar refractivity (Wildman–Crippen MR) is 111 cm³/mol. The zero-order valence-electron chi connectivity index (χ0n) is 16.7. The van der Waals surface area contributed by atoms with Crippen LogP contribution in [0.15, 0.2) is 53.4 Å². The number of hydrogen-bond acceptors (Lipinski definition) is 4. The Morgan fingerprint density at radius 2 is 1.68 bits per heavy atom. The van der Waals surface area contributed by atoms with Crippen LogP contribution in [-0.4, -0.2) is 26.5 Å². The van der Waals surface area contributed by atoms with Crippen molar-refractivity contribution in [2.75, 3.05) is 5.32 Å². The first kappa shape index (κ1) is 21.9. The van der Waals surface area contributed by atoms with Crippen LogP contribution in [0.1, 0.15) is 39.2 Å². The second kappa shape index (κ2) is 9.71. The number of ether oxygens (including phenoxy) is 1.